The molecule has 0 saturated heterocycles. The molecular formula is C17H25NO6S. The van der Waals surface area contributed by atoms with Crippen LogP contribution < -0.4 is 5.73 Å². The minimum Gasteiger partial charge on any atom is -0.506 e. The van der Waals surface area contributed by atoms with Gasteiger partial charge in [-0.3, -0.25) is 14.1 Å². The summed E-state index contributed by atoms with van der Waals surface area (Å²) in [5.74, 6) is -2.05. The number of Topliss-reactive ketones (excluding diaryl/α,β-unsaturated/α-hetero) is 2. The predicted molar refractivity (Wildman–Crippen MR) is 93.6 cm³/mol. The van der Waals surface area contributed by atoms with Crippen LogP contribution in [0, 0.1) is 0 Å². The fourth-order valence-electron chi connectivity index (χ4n) is 2.64. The summed E-state index contributed by atoms with van der Waals surface area (Å²) in [6, 6.07) is 2.16. The van der Waals surface area contributed by atoms with Gasteiger partial charge < -0.3 is 10.8 Å². The van der Waals surface area contributed by atoms with Gasteiger partial charge in [0.15, 0.2) is 11.6 Å². The van der Waals surface area contributed by atoms with Crippen LogP contribution in [0.4, 0.5) is 0 Å². The molecule has 0 atom stereocenters. The summed E-state index contributed by atoms with van der Waals surface area (Å²) in [7, 11) is -4.89. The van der Waals surface area contributed by atoms with E-state index in [1.165, 1.54) is 6.07 Å². The number of ketones is 2. The number of unbranched alkanes of at least 4 members (excludes halogenated alkanes) is 5. The van der Waals surface area contributed by atoms with Gasteiger partial charge in [0.05, 0.1) is 12.1 Å². The van der Waals surface area contributed by atoms with Crippen LogP contribution in [0.5, 0.6) is 5.75 Å². The van der Waals surface area contributed by atoms with E-state index in [0.29, 0.717) is 6.42 Å². The Labute approximate surface area is 148 Å². The molecule has 0 aliphatic heterocycles. The molecule has 8 heteroatoms. The summed E-state index contributed by atoms with van der Waals surface area (Å²) in [4.78, 5) is 23.5. The van der Waals surface area contributed by atoms with Crippen molar-refractivity contribution in [2.24, 2.45) is 5.73 Å². The summed E-state index contributed by atoms with van der Waals surface area (Å²) in [5.41, 5.74) is 4.60. The van der Waals surface area contributed by atoms with Crippen molar-refractivity contribution in [2.75, 3.05) is 6.54 Å². The smallest absolute Gasteiger partial charge is 0.298 e. The highest BCUT2D eigenvalue weighted by Crippen LogP contribution is 2.30. The molecular weight excluding hydrogens is 346 g/mol. The zero-order chi connectivity index (χ0) is 19.0. The number of aromatic hydroxyl groups is 1. The average Bonchev–Trinajstić information content (AvgIpc) is 2.55. The second kappa shape index (κ2) is 9.65. The molecule has 25 heavy (non-hydrogen) atoms. The summed E-state index contributed by atoms with van der Waals surface area (Å²) < 4.78 is 32.3. The quantitative estimate of drug-likeness (QED) is 0.309. The average molecular weight is 371 g/mol. The molecule has 0 aliphatic rings. The van der Waals surface area contributed by atoms with Gasteiger partial charge in [0, 0.05) is 12.0 Å². The molecule has 1 aromatic carbocycles. The van der Waals surface area contributed by atoms with E-state index in [2.05, 4.69) is 6.92 Å². The van der Waals surface area contributed by atoms with Gasteiger partial charge in [-0.15, -0.1) is 0 Å². The summed E-state index contributed by atoms with van der Waals surface area (Å²) in [6.07, 6.45) is 5.96. The van der Waals surface area contributed by atoms with E-state index in [9.17, 15) is 27.7 Å². The van der Waals surface area contributed by atoms with Gasteiger partial charge in [0.1, 0.15) is 10.6 Å². The predicted octanol–water partition coefficient (Wildman–Crippen LogP) is 2.71. The maximum absolute atomic E-state index is 12.4. The summed E-state index contributed by atoms with van der Waals surface area (Å²) in [5, 5.41) is 9.73. The van der Waals surface area contributed by atoms with Crippen LogP contribution >= 0.6 is 0 Å². The third-order valence-corrected chi connectivity index (χ3v) is 4.85. The molecule has 0 unspecified atom stereocenters. The summed E-state index contributed by atoms with van der Waals surface area (Å²) in [6.45, 7) is 1.56. The zero-order valence-corrected chi connectivity index (χ0v) is 15.1. The number of hydrogen-bond donors (Lipinski definition) is 3. The van der Waals surface area contributed by atoms with Crippen LogP contribution in [0.3, 0.4) is 0 Å². The van der Waals surface area contributed by atoms with Crippen molar-refractivity contribution in [1.29, 1.82) is 0 Å². The number of rotatable bonds is 11. The number of nitrogens with two attached hydrogens (primary N) is 1. The Morgan fingerprint density at radius 1 is 1.04 bits per heavy atom. The Balaban J connectivity index is 3.06. The number of carbonyl (C=O) groups is 2. The van der Waals surface area contributed by atoms with Gasteiger partial charge in [-0.05, 0) is 18.6 Å². The second-order valence-electron chi connectivity index (χ2n) is 5.88. The number of hydrogen-bond acceptors (Lipinski definition) is 6. The molecule has 1 aromatic rings. The van der Waals surface area contributed by atoms with Gasteiger partial charge >= 0.3 is 0 Å². The molecule has 1 rings (SSSR count). The van der Waals surface area contributed by atoms with Crippen molar-refractivity contribution in [3.05, 3.63) is 23.3 Å². The van der Waals surface area contributed by atoms with Crippen LogP contribution in [0.2, 0.25) is 0 Å². The zero-order valence-electron chi connectivity index (χ0n) is 14.3. The van der Waals surface area contributed by atoms with E-state index < -0.39 is 44.4 Å². The monoisotopic (exact) mass is 371 g/mol. The van der Waals surface area contributed by atoms with Crippen molar-refractivity contribution < 1.29 is 27.7 Å². The Bertz CT molecular complexity index is 727. The Kier molecular flexibility index (Phi) is 8.21. The standard InChI is InChI=1S/C17H25NO6S/c1-2-3-4-5-6-7-8-13(19)12-9-10-14(20)17(25(22,23)24)16(12)15(21)11-18/h9-10,20H,2-8,11,18H2,1H3,(H,22,23,24). The lowest BCUT2D eigenvalue weighted by Crippen LogP contribution is -2.21. The maximum atomic E-state index is 12.4. The molecule has 0 bridgehead atoms. The van der Waals surface area contributed by atoms with Crippen LogP contribution in [0.15, 0.2) is 17.0 Å². The van der Waals surface area contributed by atoms with Crippen LogP contribution in [-0.2, 0) is 10.1 Å². The van der Waals surface area contributed by atoms with Crippen LogP contribution in [0.1, 0.15) is 72.6 Å². The lowest BCUT2D eigenvalue weighted by Gasteiger charge is -2.12. The van der Waals surface area contributed by atoms with E-state index in [4.69, 9.17) is 5.73 Å². The molecule has 0 spiro atoms. The third-order valence-electron chi connectivity index (χ3n) is 3.92. The van der Waals surface area contributed by atoms with E-state index in [0.717, 1.165) is 38.2 Å². The first-order chi connectivity index (χ1) is 11.7. The van der Waals surface area contributed by atoms with Gasteiger partial charge in [-0.25, -0.2) is 0 Å². The van der Waals surface area contributed by atoms with Gasteiger partial charge in [-0.1, -0.05) is 39.0 Å². The second-order valence-corrected chi connectivity index (χ2v) is 7.24. The van der Waals surface area contributed by atoms with Crippen LogP contribution in [-0.4, -0.2) is 36.2 Å². The lowest BCUT2D eigenvalue weighted by molar-refractivity contribution is 0.0953. The molecule has 0 saturated carbocycles. The fourth-order valence-corrected chi connectivity index (χ4v) is 3.46. The van der Waals surface area contributed by atoms with E-state index in [1.807, 2.05) is 0 Å². The Morgan fingerprint density at radius 2 is 1.64 bits per heavy atom. The number of benzene rings is 1. The van der Waals surface area contributed by atoms with E-state index >= 15 is 0 Å². The number of carbonyl (C=O) groups excluding carboxylic acids is 2. The van der Waals surface area contributed by atoms with Crippen molar-refractivity contribution in [1.82, 2.24) is 0 Å². The number of phenolic OH excluding ortho intramolecular Hbond substituents is 1. The first-order valence-electron chi connectivity index (χ1n) is 8.34. The largest absolute Gasteiger partial charge is 0.506 e. The SMILES string of the molecule is CCCCCCCCC(=O)c1ccc(O)c(S(=O)(=O)O)c1C(=O)CN. The molecule has 140 valence electrons. The molecule has 0 aromatic heterocycles. The third kappa shape index (κ3) is 5.91. The van der Waals surface area contributed by atoms with Crippen molar-refractivity contribution >= 4 is 21.7 Å². The molecule has 0 amide bonds. The van der Waals surface area contributed by atoms with Crippen molar-refractivity contribution in [3.8, 4) is 5.75 Å². The highest BCUT2D eigenvalue weighted by Gasteiger charge is 2.29. The lowest BCUT2D eigenvalue weighted by atomic mass is 9.96. The highest BCUT2D eigenvalue weighted by atomic mass is 32.2. The fraction of sp³-hybridized carbons (Fsp3) is 0.529. The van der Waals surface area contributed by atoms with Crippen molar-refractivity contribution in [3.63, 3.8) is 0 Å². The van der Waals surface area contributed by atoms with E-state index in [-0.39, 0.29) is 12.0 Å². The molecule has 0 fully saturated rings. The molecule has 0 aliphatic carbocycles. The molecule has 0 heterocycles. The van der Waals surface area contributed by atoms with Gasteiger partial charge in [0.2, 0.25) is 0 Å². The molecule has 7 nitrogen and oxygen atoms in total. The molecule has 4 N–H and O–H groups in total. The maximum Gasteiger partial charge on any atom is 0.298 e. The molecule has 0 radical (unpaired) electrons. The Hall–Kier alpha value is -1.77. The Morgan fingerprint density at radius 3 is 2.20 bits per heavy atom. The minimum atomic E-state index is -4.89. The van der Waals surface area contributed by atoms with E-state index in [1.54, 1.807) is 0 Å². The van der Waals surface area contributed by atoms with Crippen molar-refractivity contribution in [2.45, 2.75) is 56.8 Å². The first-order valence-corrected chi connectivity index (χ1v) is 9.78. The van der Waals surface area contributed by atoms with Gasteiger partial charge in [0.25, 0.3) is 10.1 Å². The van der Waals surface area contributed by atoms with Crippen LogP contribution in [0.25, 0.3) is 0 Å². The summed E-state index contributed by atoms with van der Waals surface area (Å²) >= 11 is 0. The topological polar surface area (TPSA) is 135 Å². The highest BCUT2D eigenvalue weighted by molar-refractivity contribution is 7.86. The number of phenols is 1. The first kappa shape index (κ1) is 21.3. The normalized spacial score (nSPS) is 11.5. The minimum absolute atomic E-state index is 0.144. The van der Waals surface area contributed by atoms with Gasteiger partial charge in [-0.2, -0.15) is 8.42 Å².